The normalized spacial score (nSPS) is 11.3. The van der Waals surface area contributed by atoms with Crippen LogP contribution < -0.4 is 0 Å². The zero-order chi connectivity index (χ0) is 17.3. The van der Waals surface area contributed by atoms with Gasteiger partial charge in [0.15, 0.2) is 5.69 Å². The van der Waals surface area contributed by atoms with Gasteiger partial charge in [0.25, 0.3) is 0 Å². The topological polar surface area (TPSA) is 41.6 Å². The fourth-order valence-corrected chi connectivity index (χ4v) is 2.22. The van der Waals surface area contributed by atoms with Crippen molar-refractivity contribution in [2.75, 3.05) is 0 Å². The molecular formula is C17H9F4N3. The van der Waals surface area contributed by atoms with Gasteiger partial charge in [-0.15, -0.1) is 0 Å². The molecule has 3 rings (SSSR count). The third kappa shape index (κ3) is 2.99. The zero-order valence-electron chi connectivity index (χ0n) is 12.0. The Hall–Kier alpha value is -3.14. The molecule has 0 radical (unpaired) electrons. The quantitative estimate of drug-likeness (QED) is 0.646. The van der Waals surface area contributed by atoms with Crippen LogP contribution in [0.3, 0.4) is 0 Å². The van der Waals surface area contributed by atoms with Crippen molar-refractivity contribution in [1.29, 1.82) is 5.26 Å². The first-order valence-corrected chi connectivity index (χ1v) is 6.82. The highest BCUT2D eigenvalue weighted by molar-refractivity contribution is 5.63. The van der Waals surface area contributed by atoms with Crippen LogP contribution in [0.2, 0.25) is 0 Å². The summed E-state index contributed by atoms with van der Waals surface area (Å²) in [4.78, 5) is 0. The molecule has 0 aliphatic heterocycles. The Kier molecular flexibility index (Phi) is 3.81. The molecule has 0 unspecified atom stereocenters. The highest BCUT2D eigenvalue weighted by Crippen LogP contribution is 2.33. The largest absolute Gasteiger partial charge is 0.435 e. The van der Waals surface area contributed by atoms with Crippen LogP contribution in [0, 0.1) is 17.1 Å². The van der Waals surface area contributed by atoms with E-state index in [4.69, 9.17) is 5.26 Å². The summed E-state index contributed by atoms with van der Waals surface area (Å²) in [6, 6.07) is 13.9. The van der Waals surface area contributed by atoms with Crippen LogP contribution in [0.1, 0.15) is 11.3 Å². The van der Waals surface area contributed by atoms with E-state index in [-0.39, 0.29) is 5.69 Å². The average molecular weight is 331 g/mol. The van der Waals surface area contributed by atoms with E-state index in [1.54, 1.807) is 0 Å². The van der Waals surface area contributed by atoms with E-state index in [1.807, 2.05) is 6.07 Å². The van der Waals surface area contributed by atoms with Crippen LogP contribution in [0.5, 0.6) is 0 Å². The summed E-state index contributed by atoms with van der Waals surface area (Å²) in [6.45, 7) is 0. The molecule has 120 valence electrons. The molecule has 3 nitrogen and oxygen atoms in total. The molecule has 0 aliphatic carbocycles. The molecule has 0 fully saturated rings. The van der Waals surface area contributed by atoms with Crippen LogP contribution in [0.15, 0.2) is 54.6 Å². The Morgan fingerprint density at radius 1 is 0.958 bits per heavy atom. The molecule has 0 saturated carbocycles. The van der Waals surface area contributed by atoms with Gasteiger partial charge in [0.1, 0.15) is 5.82 Å². The maximum Gasteiger partial charge on any atom is 0.435 e. The second kappa shape index (κ2) is 5.81. The molecule has 0 bridgehead atoms. The smallest absolute Gasteiger partial charge is 0.233 e. The van der Waals surface area contributed by atoms with Crippen molar-refractivity contribution < 1.29 is 17.6 Å². The highest BCUT2D eigenvalue weighted by Gasteiger charge is 2.35. The van der Waals surface area contributed by atoms with Crippen LogP contribution in [-0.4, -0.2) is 9.78 Å². The minimum Gasteiger partial charge on any atom is -0.233 e. The number of hydrogen-bond donors (Lipinski definition) is 0. The third-order valence-electron chi connectivity index (χ3n) is 3.38. The van der Waals surface area contributed by atoms with E-state index >= 15 is 0 Å². The van der Waals surface area contributed by atoms with E-state index < -0.39 is 17.7 Å². The first kappa shape index (κ1) is 15.7. The molecule has 0 saturated heterocycles. The van der Waals surface area contributed by atoms with Gasteiger partial charge in [0, 0.05) is 5.56 Å². The maximum atomic E-state index is 13.1. The molecule has 2 aromatic carbocycles. The second-order valence-corrected chi connectivity index (χ2v) is 4.99. The molecule has 7 heteroatoms. The standard InChI is InChI=1S/C17H9F4N3/c18-13-5-3-12(4-6-13)15-9-16(17(19,20)21)23-24(15)14-7-1-11(10-22)2-8-14/h1-9H. The predicted octanol–water partition coefficient (Wildman–Crippen LogP) is 4.57. The van der Waals surface area contributed by atoms with E-state index in [0.717, 1.165) is 10.7 Å². The van der Waals surface area contributed by atoms with Crippen molar-refractivity contribution >= 4 is 0 Å². The first-order valence-electron chi connectivity index (χ1n) is 6.82. The number of halogens is 4. The number of benzene rings is 2. The minimum absolute atomic E-state index is 0.173. The number of rotatable bonds is 2. The van der Waals surface area contributed by atoms with Gasteiger partial charge in [0.2, 0.25) is 0 Å². The summed E-state index contributed by atoms with van der Waals surface area (Å²) in [5.74, 6) is -0.487. The Morgan fingerprint density at radius 3 is 2.12 bits per heavy atom. The maximum absolute atomic E-state index is 13.1. The summed E-state index contributed by atoms with van der Waals surface area (Å²) in [5, 5.41) is 12.4. The van der Waals surface area contributed by atoms with Crippen molar-refractivity contribution in [1.82, 2.24) is 9.78 Å². The molecule has 0 atom stereocenters. The summed E-state index contributed by atoms with van der Waals surface area (Å²) in [7, 11) is 0. The Morgan fingerprint density at radius 2 is 1.58 bits per heavy atom. The zero-order valence-corrected chi connectivity index (χ0v) is 12.0. The lowest BCUT2D eigenvalue weighted by Gasteiger charge is -2.07. The number of nitrogens with zero attached hydrogens (tertiary/aromatic N) is 3. The van der Waals surface area contributed by atoms with Gasteiger partial charge in [-0.1, -0.05) is 0 Å². The lowest BCUT2D eigenvalue weighted by atomic mass is 10.1. The van der Waals surface area contributed by atoms with Crippen LogP contribution >= 0.6 is 0 Å². The van der Waals surface area contributed by atoms with Gasteiger partial charge in [0.05, 0.1) is 23.0 Å². The summed E-state index contributed by atoms with van der Waals surface area (Å²) < 4.78 is 53.2. The molecule has 0 amide bonds. The Balaban J connectivity index is 2.17. The van der Waals surface area contributed by atoms with Crippen molar-refractivity contribution in [3.05, 3.63) is 71.7 Å². The van der Waals surface area contributed by atoms with E-state index in [0.29, 0.717) is 16.8 Å². The monoisotopic (exact) mass is 331 g/mol. The number of nitriles is 1. The molecule has 24 heavy (non-hydrogen) atoms. The lowest BCUT2D eigenvalue weighted by Crippen LogP contribution is -2.07. The Labute approximate surface area is 134 Å². The molecule has 0 N–H and O–H groups in total. The van der Waals surface area contributed by atoms with Crippen molar-refractivity contribution in [3.8, 4) is 23.0 Å². The van der Waals surface area contributed by atoms with Gasteiger partial charge in [-0.05, 0) is 54.6 Å². The highest BCUT2D eigenvalue weighted by atomic mass is 19.4. The molecule has 0 spiro atoms. The lowest BCUT2D eigenvalue weighted by molar-refractivity contribution is -0.141. The minimum atomic E-state index is -4.60. The van der Waals surface area contributed by atoms with Gasteiger partial charge in [-0.3, -0.25) is 0 Å². The fourth-order valence-electron chi connectivity index (χ4n) is 2.22. The van der Waals surface area contributed by atoms with E-state index in [2.05, 4.69) is 5.10 Å². The molecule has 0 aliphatic rings. The number of alkyl halides is 3. The molecule has 1 aromatic heterocycles. The van der Waals surface area contributed by atoms with Crippen molar-refractivity contribution in [2.45, 2.75) is 6.18 Å². The summed E-state index contributed by atoms with van der Waals surface area (Å²) in [5.41, 5.74) is 0.260. The molecule has 3 aromatic rings. The van der Waals surface area contributed by atoms with Gasteiger partial charge in [-0.25, -0.2) is 9.07 Å². The van der Waals surface area contributed by atoms with Crippen molar-refractivity contribution in [3.63, 3.8) is 0 Å². The summed E-state index contributed by atoms with van der Waals surface area (Å²) in [6.07, 6.45) is -4.60. The fraction of sp³-hybridized carbons (Fsp3) is 0.0588. The van der Waals surface area contributed by atoms with Crippen LogP contribution in [0.25, 0.3) is 16.9 Å². The van der Waals surface area contributed by atoms with E-state index in [1.165, 1.54) is 48.5 Å². The van der Waals surface area contributed by atoms with Crippen LogP contribution in [0.4, 0.5) is 17.6 Å². The van der Waals surface area contributed by atoms with Gasteiger partial charge < -0.3 is 0 Å². The van der Waals surface area contributed by atoms with Crippen molar-refractivity contribution in [2.24, 2.45) is 0 Å². The Bertz CT molecular complexity index is 901. The average Bonchev–Trinajstić information content (AvgIpc) is 3.01. The molecule has 1 heterocycles. The van der Waals surface area contributed by atoms with Crippen LogP contribution in [-0.2, 0) is 6.18 Å². The van der Waals surface area contributed by atoms with E-state index in [9.17, 15) is 17.6 Å². The van der Waals surface area contributed by atoms with Gasteiger partial charge >= 0.3 is 6.18 Å². The summed E-state index contributed by atoms with van der Waals surface area (Å²) >= 11 is 0. The predicted molar refractivity (Wildman–Crippen MR) is 78.7 cm³/mol. The first-order chi connectivity index (χ1) is 11.4. The third-order valence-corrected chi connectivity index (χ3v) is 3.38. The number of aromatic nitrogens is 2. The second-order valence-electron chi connectivity index (χ2n) is 4.99. The molecular weight excluding hydrogens is 322 g/mol. The SMILES string of the molecule is N#Cc1ccc(-n2nc(C(F)(F)F)cc2-c2ccc(F)cc2)cc1. The van der Waals surface area contributed by atoms with Gasteiger partial charge in [-0.2, -0.15) is 23.5 Å². The number of hydrogen-bond acceptors (Lipinski definition) is 2.